The summed E-state index contributed by atoms with van der Waals surface area (Å²) in [5.74, 6) is 5.66. The summed E-state index contributed by atoms with van der Waals surface area (Å²) in [5, 5.41) is 11.0. The van der Waals surface area contributed by atoms with Crippen molar-refractivity contribution in [2.45, 2.75) is 31.2 Å². The highest BCUT2D eigenvalue weighted by Gasteiger charge is 2.23. The third-order valence-corrected chi connectivity index (χ3v) is 6.08. The fourth-order valence-corrected chi connectivity index (χ4v) is 4.02. The van der Waals surface area contributed by atoms with E-state index in [0.29, 0.717) is 17.5 Å². The van der Waals surface area contributed by atoms with Crippen molar-refractivity contribution in [2.24, 2.45) is 11.6 Å². The molecule has 0 fully saturated rings. The van der Waals surface area contributed by atoms with Gasteiger partial charge in [0.2, 0.25) is 0 Å². The Labute approximate surface area is 183 Å². The molecule has 0 radical (unpaired) electrons. The summed E-state index contributed by atoms with van der Waals surface area (Å²) in [5.41, 5.74) is 7.56. The van der Waals surface area contributed by atoms with E-state index < -0.39 is 20.3 Å². The normalized spacial score (nSPS) is 13.2. The molecule has 2 aromatic rings. The number of hydrazine groups is 1. The molecule has 0 aliphatic rings. The minimum Gasteiger partial charge on any atom is -0.397 e. The van der Waals surface area contributed by atoms with Gasteiger partial charge in [0.05, 0.1) is 10.9 Å². The summed E-state index contributed by atoms with van der Waals surface area (Å²) >= 11 is 0.124. The van der Waals surface area contributed by atoms with E-state index in [4.69, 9.17) is 11.6 Å². The van der Waals surface area contributed by atoms with Crippen LogP contribution in [0.25, 0.3) is 5.70 Å². The van der Waals surface area contributed by atoms with Gasteiger partial charge in [-0.15, -0.1) is 0 Å². The molecular weight excluding hydrogens is 451 g/mol. The Kier molecular flexibility index (Phi) is 8.79. The summed E-state index contributed by atoms with van der Waals surface area (Å²) in [7, 11) is -4.27. The zero-order chi connectivity index (χ0) is 23.0. The lowest BCUT2D eigenvalue weighted by atomic mass is 10.0. The van der Waals surface area contributed by atoms with E-state index in [9.17, 15) is 27.0 Å². The summed E-state index contributed by atoms with van der Waals surface area (Å²) in [6.07, 6.45) is 4.63. The van der Waals surface area contributed by atoms with Crippen LogP contribution >= 0.6 is 12.1 Å². The van der Waals surface area contributed by atoms with Crippen molar-refractivity contribution in [1.29, 1.82) is 0 Å². The minimum absolute atomic E-state index is 0.0533. The van der Waals surface area contributed by atoms with Crippen LogP contribution in [0.2, 0.25) is 0 Å². The van der Waals surface area contributed by atoms with Crippen LogP contribution in [0.3, 0.4) is 0 Å². The Morgan fingerprint density at radius 3 is 2.68 bits per heavy atom. The van der Waals surface area contributed by atoms with Crippen molar-refractivity contribution in [3.63, 3.8) is 0 Å². The molecule has 2 rings (SSSR count). The minimum atomic E-state index is -4.27. The van der Waals surface area contributed by atoms with Crippen LogP contribution in [0.5, 0.6) is 0 Å². The fraction of sp³-hybridized carbons (Fsp3) is 0.353. The number of imidazole rings is 1. The first-order chi connectivity index (χ1) is 14.6. The van der Waals surface area contributed by atoms with Crippen molar-refractivity contribution in [2.75, 3.05) is 5.75 Å². The summed E-state index contributed by atoms with van der Waals surface area (Å²) < 4.78 is 46.0. The Hall–Kier alpha value is -2.68. The Bertz CT molecular complexity index is 1010. The van der Waals surface area contributed by atoms with E-state index in [1.807, 2.05) is 0 Å². The zero-order valence-corrected chi connectivity index (χ0v) is 18.0. The van der Waals surface area contributed by atoms with E-state index in [2.05, 4.69) is 4.98 Å². The molecule has 1 aromatic heterocycles. The van der Waals surface area contributed by atoms with E-state index in [0.717, 1.165) is 5.01 Å². The van der Waals surface area contributed by atoms with Crippen molar-refractivity contribution >= 4 is 33.9 Å². The highest BCUT2D eigenvalue weighted by Crippen LogP contribution is 2.19. The Morgan fingerprint density at radius 1 is 1.42 bits per heavy atom. The van der Waals surface area contributed by atoms with Crippen LogP contribution < -0.4 is 11.6 Å². The molecule has 11 nitrogen and oxygen atoms in total. The maximum atomic E-state index is 12.2. The molecule has 0 spiro atoms. The molecule has 170 valence electrons. The lowest BCUT2D eigenvalue weighted by Gasteiger charge is -2.15. The molecule has 31 heavy (non-hydrogen) atoms. The number of rotatable bonds is 12. The number of nitro groups is 1. The van der Waals surface area contributed by atoms with Gasteiger partial charge in [0.25, 0.3) is 10.1 Å². The van der Waals surface area contributed by atoms with Crippen LogP contribution in [0.4, 0.5) is 9.83 Å². The van der Waals surface area contributed by atoms with Crippen molar-refractivity contribution in [1.82, 2.24) is 14.6 Å². The van der Waals surface area contributed by atoms with Gasteiger partial charge in [-0.2, -0.15) is 12.3 Å². The number of hydrogen-bond acceptors (Lipinski definition) is 9. The standard InChI is InChI=1S/C17H23FN6O5S2/c18-30-9-1-2-15(31(27,28)29)10-13-3-5-14(6-4-13)16(19)11-23(20)12-22-8-7-21-17(22)24(25)26/h3-8,11,15H,1-2,9-10,12,19-20H2,(H,27,28,29)/b16-11-. The van der Waals surface area contributed by atoms with Crippen molar-refractivity contribution in [3.05, 3.63) is 64.1 Å². The Balaban J connectivity index is 2.05. The first-order valence-electron chi connectivity index (χ1n) is 9.05. The van der Waals surface area contributed by atoms with Gasteiger partial charge in [0.15, 0.2) is 6.67 Å². The highest BCUT2D eigenvalue weighted by molar-refractivity contribution is 7.94. The average molecular weight is 475 g/mol. The zero-order valence-electron chi connectivity index (χ0n) is 16.4. The molecule has 0 aliphatic heterocycles. The van der Waals surface area contributed by atoms with Gasteiger partial charge in [-0.1, -0.05) is 29.2 Å². The van der Waals surface area contributed by atoms with E-state index in [1.165, 1.54) is 23.2 Å². The smallest absolute Gasteiger partial charge is 0.397 e. The van der Waals surface area contributed by atoms with Crippen molar-refractivity contribution in [3.8, 4) is 0 Å². The third-order valence-electron chi connectivity index (χ3n) is 4.40. The quantitative estimate of drug-likeness (QED) is 0.136. The number of nitrogens with zero attached hydrogens (tertiary/aromatic N) is 4. The molecule has 1 unspecified atom stereocenters. The maximum absolute atomic E-state index is 12.2. The first-order valence-corrected chi connectivity index (χ1v) is 11.4. The van der Waals surface area contributed by atoms with Gasteiger partial charge < -0.3 is 15.8 Å². The molecule has 0 bridgehead atoms. The lowest BCUT2D eigenvalue weighted by molar-refractivity contribution is -0.397. The van der Waals surface area contributed by atoms with Crippen LogP contribution in [0, 0.1) is 10.1 Å². The molecule has 1 atom stereocenters. The van der Waals surface area contributed by atoms with Gasteiger partial charge in [-0.25, -0.2) is 10.4 Å². The van der Waals surface area contributed by atoms with E-state index in [1.54, 1.807) is 24.3 Å². The molecule has 0 saturated carbocycles. The second-order valence-corrected chi connectivity index (χ2v) is 9.01. The molecule has 0 aliphatic carbocycles. The number of aromatic nitrogens is 2. The summed E-state index contributed by atoms with van der Waals surface area (Å²) in [6.45, 7) is -0.0533. The van der Waals surface area contributed by atoms with Gasteiger partial charge >= 0.3 is 5.95 Å². The predicted molar refractivity (Wildman–Crippen MR) is 115 cm³/mol. The van der Waals surface area contributed by atoms with Crippen LogP contribution in [0.1, 0.15) is 24.0 Å². The topological polar surface area (TPSA) is 171 Å². The molecule has 5 N–H and O–H groups in total. The van der Waals surface area contributed by atoms with E-state index in [-0.39, 0.29) is 49.1 Å². The van der Waals surface area contributed by atoms with Gasteiger partial charge in [0.1, 0.15) is 12.4 Å². The van der Waals surface area contributed by atoms with Crippen LogP contribution in [0.15, 0.2) is 42.9 Å². The number of halogens is 1. The lowest BCUT2D eigenvalue weighted by Crippen LogP contribution is -2.29. The molecule has 14 heteroatoms. The molecule has 0 saturated heterocycles. The largest absolute Gasteiger partial charge is 0.436 e. The average Bonchev–Trinajstić information content (AvgIpc) is 3.15. The second-order valence-electron chi connectivity index (χ2n) is 6.69. The SMILES string of the molecule is N/C(=C\N(N)Cn1ccnc1[N+](=O)[O-])c1ccc(CC(CCCSF)S(=O)(=O)O)cc1. The van der Waals surface area contributed by atoms with Crippen LogP contribution in [-0.2, 0) is 23.2 Å². The van der Waals surface area contributed by atoms with Crippen molar-refractivity contribution < 1.29 is 21.8 Å². The Morgan fingerprint density at radius 2 is 2.10 bits per heavy atom. The number of hydrogen-bond donors (Lipinski definition) is 3. The molecule has 1 heterocycles. The fourth-order valence-electron chi connectivity index (χ4n) is 2.87. The number of nitrogens with two attached hydrogens (primary N) is 2. The first kappa shape index (κ1) is 24.6. The summed E-state index contributed by atoms with van der Waals surface area (Å²) in [4.78, 5) is 13.9. The van der Waals surface area contributed by atoms with Gasteiger partial charge in [-0.05, 0) is 35.3 Å². The maximum Gasteiger partial charge on any atom is 0.436 e. The monoisotopic (exact) mass is 474 g/mol. The van der Waals surface area contributed by atoms with E-state index >= 15 is 0 Å². The third kappa shape index (κ3) is 7.50. The second kappa shape index (κ2) is 11.1. The predicted octanol–water partition coefficient (Wildman–Crippen LogP) is 2.08. The summed E-state index contributed by atoms with van der Waals surface area (Å²) in [6, 6.07) is 6.65. The molecular formula is C17H23FN6O5S2. The number of benzene rings is 1. The molecule has 1 aromatic carbocycles. The van der Waals surface area contributed by atoms with Crippen LogP contribution in [-0.4, -0.2) is 43.5 Å². The highest BCUT2D eigenvalue weighted by atomic mass is 32.2. The molecule has 0 amide bonds. The van der Waals surface area contributed by atoms with Gasteiger partial charge in [0, 0.05) is 24.1 Å². The van der Waals surface area contributed by atoms with Gasteiger partial charge in [-0.3, -0.25) is 9.56 Å².